The second kappa shape index (κ2) is 1.99. The van der Waals surface area contributed by atoms with Crippen molar-refractivity contribution in [1.29, 1.82) is 0 Å². The van der Waals surface area contributed by atoms with Crippen LogP contribution in [0.4, 0.5) is 0 Å². The lowest BCUT2D eigenvalue weighted by molar-refractivity contribution is -0.126. The number of hydrogen-bond acceptors (Lipinski definition) is 1. The summed E-state index contributed by atoms with van der Waals surface area (Å²) in [5, 5.41) is 12.1. The molecule has 0 fully saturated rings. The minimum Gasteiger partial charge on any atom is -0.224 e. The fourth-order valence-corrected chi connectivity index (χ4v) is 1.27. The van der Waals surface area contributed by atoms with Gasteiger partial charge >= 0.3 is 0 Å². The first-order valence-electron chi connectivity index (χ1n) is 3.58. The average molecular weight is 140 g/mol. The van der Waals surface area contributed by atoms with Crippen molar-refractivity contribution < 1.29 is 5.21 Å². The molecule has 1 radical (unpaired) electrons. The van der Waals surface area contributed by atoms with E-state index in [0.717, 1.165) is 10.8 Å². The molecule has 0 spiro atoms. The summed E-state index contributed by atoms with van der Waals surface area (Å²) in [7, 11) is 0. The summed E-state index contributed by atoms with van der Waals surface area (Å²) in [5.74, 6) is 0. The van der Waals surface area contributed by atoms with Gasteiger partial charge < -0.3 is 0 Å². The molecule has 0 aliphatic carbocycles. The van der Waals surface area contributed by atoms with Gasteiger partial charge in [0.25, 0.3) is 0 Å². The molecule has 0 aromatic heterocycles. The van der Waals surface area contributed by atoms with E-state index in [4.69, 9.17) is 0 Å². The zero-order valence-corrected chi connectivity index (χ0v) is 7.06. The molecular formula is C8H14NO. The molecule has 0 bridgehead atoms. The number of hydrogen-bond donors (Lipinski definition) is 0. The van der Waals surface area contributed by atoms with E-state index in [1.54, 1.807) is 0 Å². The third kappa shape index (κ3) is 0.926. The van der Waals surface area contributed by atoms with E-state index < -0.39 is 0 Å². The highest BCUT2D eigenvalue weighted by molar-refractivity contribution is 5.21. The fourth-order valence-electron chi connectivity index (χ4n) is 1.27. The van der Waals surface area contributed by atoms with Crippen LogP contribution in [-0.2, 0) is 5.21 Å². The molecule has 2 heteroatoms. The molecule has 2 nitrogen and oxygen atoms in total. The standard InChI is InChI=1S/C8H14NO/c1-6-7(2)9(10)5-8(6,3)4/h5H2,1-4H3. The second-order valence-corrected chi connectivity index (χ2v) is 3.63. The molecule has 0 saturated carbocycles. The molecule has 1 heterocycles. The van der Waals surface area contributed by atoms with Crippen molar-refractivity contribution in [3.05, 3.63) is 11.3 Å². The Kier molecular flexibility index (Phi) is 1.51. The summed E-state index contributed by atoms with van der Waals surface area (Å²) in [4.78, 5) is 0. The molecule has 1 rings (SSSR count). The van der Waals surface area contributed by atoms with Crippen LogP contribution >= 0.6 is 0 Å². The van der Waals surface area contributed by atoms with Crippen molar-refractivity contribution in [2.75, 3.05) is 6.54 Å². The monoisotopic (exact) mass is 140 g/mol. The van der Waals surface area contributed by atoms with Crippen molar-refractivity contribution in [2.24, 2.45) is 5.41 Å². The molecule has 0 N–H and O–H groups in total. The van der Waals surface area contributed by atoms with Crippen molar-refractivity contribution in [3.63, 3.8) is 0 Å². The van der Waals surface area contributed by atoms with Crippen LogP contribution in [0.3, 0.4) is 0 Å². The Bertz CT molecular complexity index is 182. The third-order valence-electron chi connectivity index (χ3n) is 2.47. The van der Waals surface area contributed by atoms with E-state index >= 15 is 0 Å². The Labute approximate surface area is 62.1 Å². The van der Waals surface area contributed by atoms with E-state index in [-0.39, 0.29) is 5.41 Å². The quantitative estimate of drug-likeness (QED) is 0.504. The minimum atomic E-state index is 0.0891. The highest BCUT2D eigenvalue weighted by Gasteiger charge is 2.32. The number of nitrogens with zero attached hydrogens (tertiary/aromatic N) is 1. The highest BCUT2D eigenvalue weighted by atomic mass is 16.5. The molecular weight excluding hydrogens is 126 g/mol. The Morgan fingerprint density at radius 1 is 1.40 bits per heavy atom. The highest BCUT2D eigenvalue weighted by Crippen LogP contribution is 2.36. The van der Waals surface area contributed by atoms with Crippen LogP contribution in [0.25, 0.3) is 0 Å². The fraction of sp³-hybridized carbons (Fsp3) is 0.750. The van der Waals surface area contributed by atoms with Crippen LogP contribution < -0.4 is 0 Å². The molecule has 57 valence electrons. The van der Waals surface area contributed by atoms with Crippen molar-refractivity contribution in [3.8, 4) is 0 Å². The van der Waals surface area contributed by atoms with Crippen LogP contribution in [0, 0.1) is 5.41 Å². The van der Waals surface area contributed by atoms with Gasteiger partial charge in [0, 0.05) is 11.1 Å². The van der Waals surface area contributed by atoms with Crippen LogP contribution in [0.5, 0.6) is 0 Å². The topological polar surface area (TPSA) is 23.1 Å². The lowest BCUT2D eigenvalue weighted by Gasteiger charge is -2.18. The van der Waals surface area contributed by atoms with Gasteiger partial charge in [0.15, 0.2) is 0 Å². The zero-order chi connectivity index (χ0) is 7.94. The van der Waals surface area contributed by atoms with Gasteiger partial charge in [-0.1, -0.05) is 19.1 Å². The van der Waals surface area contributed by atoms with Crippen LogP contribution in [0.2, 0.25) is 0 Å². The van der Waals surface area contributed by atoms with Gasteiger partial charge in [-0.2, -0.15) is 0 Å². The molecule has 0 amide bonds. The minimum absolute atomic E-state index is 0.0891. The van der Waals surface area contributed by atoms with E-state index in [2.05, 4.69) is 13.8 Å². The first kappa shape index (κ1) is 7.61. The molecule has 1 aliphatic heterocycles. The first-order chi connectivity index (χ1) is 4.45. The third-order valence-corrected chi connectivity index (χ3v) is 2.47. The van der Waals surface area contributed by atoms with Gasteiger partial charge in [-0.25, -0.2) is 5.06 Å². The van der Waals surface area contributed by atoms with E-state index in [0.29, 0.717) is 6.54 Å². The normalized spacial score (nSPS) is 24.3. The van der Waals surface area contributed by atoms with Crippen LogP contribution in [0.1, 0.15) is 27.7 Å². The summed E-state index contributed by atoms with van der Waals surface area (Å²) >= 11 is 0. The summed E-state index contributed by atoms with van der Waals surface area (Å²) in [6.07, 6.45) is 0. The first-order valence-corrected chi connectivity index (χ1v) is 3.58. The molecule has 1 aliphatic rings. The predicted octanol–water partition coefficient (Wildman–Crippen LogP) is 1.97. The maximum Gasteiger partial charge on any atom is 0.0571 e. The number of allylic oxidation sites excluding steroid dienone is 1. The Morgan fingerprint density at radius 3 is 2.00 bits per heavy atom. The Balaban J connectivity index is 2.95. The molecule has 10 heavy (non-hydrogen) atoms. The molecule has 0 saturated heterocycles. The van der Waals surface area contributed by atoms with Gasteiger partial charge in [0.2, 0.25) is 0 Å². The lowest BCUT2D eigenvalue weighted by Crippen LogP contribution is -2.20. The molecule has 0 aromatic rings. The molecule has 0 atom stereocenters. The summed E-state index contributed by atoms with van der Waals surface area (Å²) in [6.45, 7) is 8.74. The van der Waals surface area contributed by atoms with E-state index in [1.165, 1.54) is 5.57 Å². The average Bonchev–Trinajstić information content (AvgIpc) is 1.95. The maximum atomic E-state index is 11.1. The maximum absolute atomic E-state index is 11.1. The van der Waals surface area contributed by atoms with Crippen LogP contribution in [0.15, 0.2) is 11.3 Å². The Hall–Kier alpha value is -0.500. The van der Waals surface area contributed by atoms with E-state index in [1.807, 2.05) is 13.8 Å². The summed E-state index contributed by atoms with van der Waals surface area (Å²) < 4.78 is 0. The number of hydroxylamine groups is 2. The second-order valence-electron chi connectivity index (χ2n) is 3.63. The van der Waals surface area contributed by atoms with Crippen molar-refractivity contribution in [1.82, 2.24) is 5.06 Å². The van der Waals surface area contributed by atoms with Crippen molar-refractivity contribution in [2.45, 2.75) is 27.7 Å². The van der Waals surface area contributed by atoms with Gasteiger partial charge in [-0.3, -0.25) is 0 Å². The van der Waals surface area contributed by atoms with Gasteiger partial charge in [0.1, 0.15) is 0 Å². The summed E-state index contributed by atoms with van der Waals surface area (Å²) in [6, 6.07) is 0. The zero-order valence-electron chi connectivity index (χ0n) is 7.06. The SMILES string of the molecule is CC1=C(C)C(C)(C)CN1[O]. The summed E-state index contributed by atoms with van der Waals surface area (Å²) in [5.41, 5.74) is 2.21. The van der Waals surface area contributed by atoms with E-state index in [9.17, 15) is 5.21 Å². The lowest BCUT2D eigenvalue weighted by atomic mass is 9.87. The smallest absolute Gasteiger partial charge is 0.0571 e. The predicted molar refractivity (Wildman–Crippen MR) is 39.5 cm³/mol. The largest absolute Gasteiger partial charge is 0.224 e. The van der Waals surface area contributed by atoms with Gasteiger partial charge in [-0.05, 0) is 19.4 Å². The Morgan fingerprint density at radius 2 is 1.90 bits per heavy atom. The van der Waals surface area contributed by atoms with Crippen LogP contribution in [-0.4, -0.2) is 11.6 Å². The molecule has 0 unspecified atom stereocenters. The molecule has 0 aromatic carbocycles. The van der Waals surface area contributed by atoms with Gasteiger partial charge in [0.05, 0.1) is 6.54 Å². The number of rotatable bonds is 0. The van der Waals surface area contributed by atoms with Gasteiger partial charge in [-0.15, -0.1) is 0 Å². The van der Waals surface area contributed by atoms with Crippen molar-refractivity contribution >= 4 is 0 Å².